The molecule has 2 aromatic heterocycles. The maximum absolute atomic E-state index is 11.5. The molecule has 2 aromatic rings. The van der Waals surface area contributed by atoms with E-state index in [4.69, 9.17) is 4.74 Å². The Labute approximate surface area is 102 Å². The molecule has 0 aliphatic heterocycles. The number of esters is 2. The van der Waals surface area contributed by atoms with Gasteiger partial charge in [-0.3, -0.25) is 0 Å². The number of aromatic nitrogens is 4. The van der Waals surface area contributed by atoms with Gasteiger partial charge in [0.15, 0.2) is 0 Å². The zero-order valence-electron chi connectivity index (χ0n) is 9.78. The fourth-order valence-corrected chi connectivity index (χ4v) is 1.28. The van der Waals surface area contributed by atoms with Crippen molar-refractivity contribution in [3.63, 3.8) is 0 Å². The second-order valence-corrected chi connectivity index (χ2v) is 3.23. The molecular formula is C10H10N4O4. The van der Waals surface area contributed by atoms with E-state index in [0.717, 1.165) is 0 Å². The van der Waals surface area contributed by atoms with Crippen molar-refractivity contribution in [2.75, 3.05) is 13.7 Å². The molecular weight excluding hydrogens is 240 g/mol. The first-order valence-corrected chi connectivity index (χ1v) is 5.13. The van der Waals surface area contributed by atoms with Crippen LogP contribution < -0.4 is 0 Å². The van der Waals surface area contributed by atoms with E-state index in [1.165, 1.54) is 24.0 Å². The SMILES string of the molecule is CCOC(=O)c1cnc2nc(C(=O)OC)nn2c1. The number of methoxy groups -OCH3 is 1. The Hall–Kier alpha value is -2.51. The zero-order valence-corrected chi connectivity index (χ0v) is 9.78. The molecule has 0 saturated heterocycles. The topological polar surface area (TPSA) is 95.7 Å². The molecule has 18 heavy (non-hydrogen) atoms. The highest BCUT2D eigenvalue weighted by molar-refractivity contribution is 5.89. The quantitative estimate of drug-likeness (QED) is 0.712. The van der Waals surface area contributed by atoms with Crippen molar-refractivity contribution in [1.29, 1.82) is 0 Å². The van der Waals surface area contributed by atoms with Crippen LogP contribution in [0.1, 0.15) is 27.9 Å². The van der Waals surface area contributed by atoms with Gasteiger partial charge in [0, 0.05) is 12.4 Å². The van der Waals surface area contributed by atoms with Crippen LogP contribution in [0, 0.1) is 0 Å². The lowest BCUT2D eigenvalue weighted by Crippen LogP contribution is -2.07. The molecule has 0 amide bonds. The Morgan fingerprint density at radius 1 is 1.39 bits per heavy atom. The summed E-state index contributed by atoms with van der Waals surface area (Å²) in [5.74, 6) is -1.10. The van der Waals surface area contributed by atoms with Gasteiger partial charge in [-0.1, -0.05) is 0 Å². The minimum atomic E-state index is -0.668. The number of rotatable bonds is 3. The highest BCUT2D eigenvalue weighted by Gasteiger charge is 2.15. The van der Waals surface area contributed by atoms with Crippen molar-refractivity contribution in [2.24, 2.45) is 0 Å². The molecule has 0 N–H and O–H groups in total. The standard InChI is InChI=1S/C10H10N4O4/c1-3-18-8(15)6-4-11-10-12-7(9(16)17-2)13-14(10)5-6/h4-5H,3H2,1-2H3. The number of hydrogen-bond donors (Lipinski definition) is 0. The van der Waals surface area contributed by atoms with E-state index in [2.05, 4.69) is 19.8 Å². The van der Waals surface area contributed by atoms with Crippen molar-refractivity contribution in [3.05, 3.63) is 23.8 Å². The Kier molecular flexibility index (Phi) is 3.18. The fraction of sp³-hybridized carbons (Fsp3) is 0.300. The summed E-state index contributed by atoms with van der Waals surface area (Å²) in [6.45, 7) is 1.97. The highest BCUT2D eigenvalue weighted by atomic mass is 16.5. The third-order valence-corrected chi connectivity index (χ3v) is 2.07. The number of carbonyl (C=O) groups excluding carboxylic acids is 2. The first-order valence-electron chi connectivity index (χ1n) is 5.13. The molecule has 2 heterocycles. The summed E-state index contributed by atoms with van der Waals surface area (Å²) >= 11 is 0. The maximum atomic E-state index is 11.5. The Morgan fingerprint density at radius 3 is 2.83 bits per heavy atom. The summed E-state index contributed by atoms with van der Waals surface area (Å²) in [6, 6.07) is 0. The van der Waals surface area contributed by atoms with Gasteiger partial charge in [-0.25, -0.2) is 19.1 Å². The summed E-state index contributed by atoms with van der Waals surface area (Å²) in [4.78, 5) is 30.4. The van der Waals surface area contributed by atoms with Crippen LogP contribution in [-0.2, 0) is 9.47 Å². The van der Waals surface area contributed by atoms with Crippen LogP contribution >= 0.6 is 0 Å². The smallest absolute Gasteiger partial charge is 0.378 e. The van der Waals surface area contributed by atoms with Gasteiger partial charge in [0.05, 0.1) is 19.3 Å². The average molecular weight is 250 g/mol. The molecule has 0 radical (unpaired) electrons. The predicted octanol–water partition coefficient (Wildman–Crippen LogP) is 0.0876. The minimum absolute atomic E-state index is 0.119. The summed E-state index contributed by atoms with van der Waals surface area (Å²) in [5, 5.41) is 3.85. The van der Waals surface area contributed by atoms with Crippen LogP contribution in [0.15, 0.2) is 12.4 Å². The monoisotopic (exact) mass is 250 g/mol. The number of ether oxygens (including phenoxy) is 2. The van der Waals surface area contributed by atoms with Crippen molar-refractivity contribution in [1.82, 2.24) is 19.6 Å². The Morgan fingerprint density at radius 2 is 2.17 bits per heavy atom. The van der Waals surface area contributed by atoms with E-state index in [-0.39, 0.29) is 23.8 Å². The second-order valence-electron chi connectivity index (χ2n) is 3.23. The van der Waals surface area contributed by atoms with Gasteiger partial charge in [-0.05, 0) is 6.92 Å². The fourth-order valence-electron chi connectivity index (χ4n) is 1.28. The molecule has 0 aliphatic carbocycles. The largest absolute Gasteiger partial charge is 0.463 e. The highest BCUT2D eigenvalue weighted by Crippen LogP contribution is 2.04. The van der Waals surface area contributed by atoms with Gasteiger partial charge in [0.2, 0.25) is 0 Å². The van der Waals surface area contributed by atoms with Crippen LogP contribution in [0.4, 0.5) is 0 Å². The first kappa shape index (κ1) is 12.0. The number of nitrogens with zero attached hydrogens (tertiary/aromatic N) is 4. The van der Waals surface area contributed by atoms with Gasteiger partial charge in [-0.15, -0.1) is 5.10 Å². The van der Waals surface area contributed by atoms with Gasteiger partial charge in [0.25, 0.3) is 11.6 Å². The molecule has 8 nitrogen and oxygen atoms in total. The summed E-state index contributed by atoms with van der Waals surface area (Å²) in [7, 11) is 1.23. The normalized spacial score (nSPS) is 10.3. The molecule has 0 spiro atoms. The van der Waals surface area contributed by atoms with E-state index in [0.29, 0.717) is 0 Å². The second kappa shape index (κ2) is 4.78. The first-order chi connectivity index (χ1) is 8.65. The van der Waals surface area contributed by atoms with Crippen molar-refractivity contribution < 1.29 is 19.1 Å². The van der Waals surface area contributed by atoms with Gasteiger partial charge >= 0.3 is 11.9 Å². The van der Waals surface area contributed by atoms with Crippen LogP contribution in [-0.4, -0.2) is 45.2 Å². The third kappa shape index (κ3) is 2.12. The Balaban J connectivity index is 2.39. The number of fused-ring (bicyclic) bond motifs is 1. The van der Waals surface area contributed by atoms with Crippen LogP contribution in [0.3, 0.4) is 0 Å². The molecule has 0 fully saturated rings. The number of hydrogen-bond acceptors (Lipinski definition) is 7. The minimum Gasteiger partial charge on any atom is -0.463 e. The molecule has 2 rings (SSSR count). The molecule has 8 heteroatoms. The van der Waals surface area contributed by atoms with E-state index in [1.54, 1.807) is 6.92 Å². The van der Waals surface area contributed by atoms with E-state index < -0.39 is 11.9 Å². The molecule has 0 aromatic carbocycles. The van der Waals surface area contributed by atoms with E-state index in [9.17, 15) is 9.59 Å². The molecule has 0 aliphatic rings. The van der Waals surface area contributed by atoms with Gasteiger partial charge in [-0.2, -0.15) is 4.98 Å². The zero-order chi connectivity index (χ0) is 13.1. The van der Waals surface area contributed by atoms with Crippen LogP contribution in [0.25, 0.3) is 5.78 Å². The molecule has 94 valence electrons. The van der Waals surface area contributed by atoms with Crippen molar-refractivity contribution >= 4 is 17.7 Å². The van der Waals surface area contributed by atoms with E-state index >= 15 is 0 Å². The summed E-state index contributed by atoms with van der Waals surface area (Å²) in [5.41, 5.74) is 0.227. The maximum Gasteiger partial charge on any atom is 0.378 e. The van der Waals surface area contributed by atoms with E-state index in [1.807, 2.05) is 0 Å². The summed E-state index contributed by atoms with van der Waals surface area (Å²) in [6.07, 6.45) is 2.70. The number of carbonyl (C=O) groups is 2. The van der Waals surface area contributed by atoms with Crippen molar-refractivity contribution in [2.45, 2.75) is 6.92 Å². The predicted molar refractivity (Wildman–Crippen MR) is 58.1 cm³/mol. The van der Waals surface area contributed by atoms with Crippen LogP contribution in [0.2, 0.25) is 0 Å². The lowest BCUT2D eigenvalue weighted by atomic mass is 10.3. The van der Waals surface area contributed by atoms with Gasteiger partial charge < -0.3 is 9.47 Å². The average Bonchev–Trinajstić information content (AvgIpc) is 2.80. The lowest BCUT2D eigenvalue weighted by Gasteiger charge is -2.00. The summed E-state index contributed by atoms with van der Waals surface area (Å²) < 4.78 is 10.5. The molecule has 0 saturated carbocycles. The molecule has 0 unspecified atom stereocenters. The third-order valence-electron chi connectivity index (χ3n) is 2.07. The molecule has 0 bridgehead atoms. The van der Waals surface area contributed by atoms with Crippen LogP contribution in [0.5, 0.6) is 0 Å². The lowest BCUT2D eigenvalue weighted by molar-refractivity contribution is 0.0524. The molecule has 0 atom stereocenters. The van der Waals surface area contributed by atoms with Gasteiger partial charge in [0.1, 0.15) is 0 Å². The Bertz CT molecular complexity index is 607. The van der Waals surface area contributed by atoms with Crippen molar-refractivity contribution in [3.8, 4) is 0 Å².